The van der Waals surface area contributed by atoms with Crippen molar-refractivity contribution in [2.45, 2.75) is 169 Å². The maximum atomic E-state index is 12.6. The number of carbonyl (C=O) groups excluding carboxylic acids is 4. The lowest BCUT2D eigenvalue weighted by atomic mass is 10.0. The number of unbranched alkanes of at least 4 members (excludes halogenated alkanes) is 2. The van der Waals surface area contributed by atoms with Crippen LogP contribution in [-0.4, -0.2) is 106 Å². The molecular weight excluding hydrogens is 941 g/mol. The molecule has 0 fully saturated rings. The largest absolute Gasteiger partial charge is 0.444 e. The molecule has 62 heavy (non-hydrogen) atoms. The second-order valence-corrected chi connectivity index (χ2v) is 22.1. The third kappa shape index (κ3) is 47.0. The molecule has 4 amide bonds. The summed E-state index contributed by atoms with van der Waals surface area (Å²) in [7, 11) is 3.26. The molecule has 4 atom stereocenters. The first-order valence-electron chi connectivity index (χ1n) is 19.9. The second-order valence-electron chi connectivity index (χ2n) is 16.7. The third-order valence-corrected chi connectivity index (χ3v) is 9.66. The minimum Gasteiger partial charge on any atom is -0.444 e. The lowest BCUT2D eigenvalue weighted by Gasteiger charge is -2.26. The molecule has 0 aliphatic carbocycles. The van der Waals surface area contributed by atoms with Crippen LogP contribution in [0.25, 0.3) is 0 Å². The van der Waals surface area contributed by atoms with E-state index in [-0.39, 0.29) is 42.5 Å². The number of carbonyl (C=O) groups is 4. The van der Waals surface area contributed by atoms with E-state index in [0.29, 0.717) is 51.4 Å². The van der Waals surface area contributed by atoms with E-state index in [0.717, 1.165) is 21.7 Å². The molecule has 0 rings (SSSR count). The van der Waals surface area contributed by atoms with Gasteiger partial charge >= 0.3 is 12.2 Å². The van der Waals surface area contributed by atoms with Crippen molar-refractivity contribution in [3.63, 3.8) is 0 Å². The fourth-order valence-corrected chi connectivity index (χ4v) is 5.00. The number of ether oxygens (including phenoxy) is 2. The Bertz CT molecular complexity index is 1470. The average molecular weight is 1010 g/mol. The number of nitrogens with zero attached hydrogens (tertiary/aromatic N) is 1. The van der Waals surface area contributed by atoms with E-state index in [1.54, 1.807) is 41.5 Å². The van der Waals surface area contributed by atoms with Gasteiger partial charge in [-0.25, -0.2) is 9.59 Å². The Morgan fingerprint density at radius 2 is 1.03 bits per heavy atom. The molecule has 0 heterocycles. The Kier molecular flexibility index (Phi) is 41.5. The molecule has 18 nitrogen and oxygen atoms in total. The highest BCUT2D eigenvalue weighted by molar-refractivity contribution is 8.51. The molecule has 0 aliphatic heterocycles. The molecule has 0 aromatic heterocycles. The molecule has 10 N–H and O–H groups in total. The first kappa shape index (κ1) is 66.1. The molecule has 0 saturated carbocycles. The predicted molar refractivity (Wildman–Crippen MR) is 263 cm³/mol. The minimum absolute atomic E-state index is 0.0538. The molecule has 0 aromatic rings. The van der Waals surface area contributed by atoms with Gasteiger partial charge in [0.05, 0.1) is 36.8 Å². The summed E-state index contributed by atoms with van der Waals surface area (Å²) in [4.78, 5) is 59.0. The lowest BCUT2D eigenvalue weighted by molar-refractivity contribution is -0.463. The van der Waals surface area contributed by atoms with Crippen molar-refractivity contribution < 1.29 is 43.8 Å². The maximum absolute atomic E-state index is 12.6. The van der Waals surface area contributed by atoms with Gasteiger partial charge in [-0.05, 0) is 98.3 Å². The van der Waals surface area contributed by atoms with E-state index in [1.165, 1.54) is 17.8 Å². The molecule has 0 bridgehead atoms. The van der Waals surface area contributed by atoms with Crippen LogP contribution in [-0.2, 0) is 90.5 Å². The number of nitrogens with two attached hydrogens (primary N) is 1. The molecule has 0 unspecified atom stereocenters. The predicted octanol–water partition coefficient (Wildman–Crippen LogP) is 4.14. The van der Waals surface area contributed by atoms with Crippen LogP contribution in [0.5, 0.6) is 0 Å². The van der Waals surface area contributed by atoms with Gasteiger partial charge in [0.1, 0.15) is 23.3 Å². The lowest BCUT2D eigenvalue weighted by Crippen LogP contribution is -2.51. The number of aliphatic hydroxyl groups excluding tert-OH is 2. The SMILES string of the molecule is CC(C)C[C@H](NC(=O)OC(C)(C)C)C(=O)N[C@H](CO)CCCCC(=N)C[N+](=O)[O-].CC(C)C[C@H](NC(=O)OC(C)(C)C)C(=O)N[C@H](CO)CCCCC(=N)N.S=S=S.S=S=S=S. The minimum atomic E-state index is -0.785. The van der Waals surface area contributed by atoms with E-state index in [2.05, 4.69) is 66.0 Å². The van der Waals surface area contributed by atoms with Crippen LogP contribution >= 0.6 is 0 Å². The van der Waals surface area contributed by atoms with Crippen LogP contribution in [0.15, 0.2) is 0 Å². The third-order valence-electron chi connectivity index (χ3n) is 7.44. The summed E-state index contributed by atoms with van der Waals surface area (Å²) >= 11 is 16.9. The Balaban J connectivity index is -0.000000472. The van der Waals surface area contributed by atoms with E-state index in [4.69, 9.17) is 26.0 Å². The number of amides is 4. The fourth-order valence-electron chi connectivity index (χ4n) is 5.00. The van der Waals surface area contributed by atoms with Gasteiger partial charge in [0, 0.05) is 82.7 Å². The highest BCUT2D eigenvalue weighted by Gasteiger charge is 2.28. The van der Waals surface area contributed by atoms with Crippen molar-refractivity contribution in [1.82, 2.24) is 21.3 Å². The summed E-state index contributed by atoms with van der Waals surface area (Å²) in [6, 6.07) is -2.41. The van der Waals surface area contributed by atoms with Gasteiger partial charge in [0.15, 0.2) is 0 Å². The van der Waals surface area contributed by atoms with E-state index >= 15 is 0 Å². The van der Waals surface area contributed by atoms with Crippen molar-refractivity contribution in [2.75, 3.05) is 19.8 Å². The highest BCUT2D eigenvalue weighted by Crippen LogP contribution is 2.13. The first-order chi connectivity index (χ1) is 28.6. The summed E-state index contributed by atoms with van der Waals surface area (Å²) < 4.78 is 10.4. The van der Waals surface area contributed by atoms with Gasteiger partial charge in [-0.15, -0.1) is 0 Å². The Labute approximate surface area is 396 Å². The molecule has 25 heteroatoms. The van der Waals surface area contributed by atoms with Crippen molar-refractivity contribution in [1.29, 1.82) is 10.8 Å². The summed E-state index contributed by atoms with van der Waals surface area (Å²) in [6.07, 6.45) is 4.05. The second kappa shape index (κ2) is 38.9. The fraction of sp³-hybridized carbons (Fsp3) is 0.838. The Morgan fingerprint density at radius 3 is 1.29 bits per heavy atom. The van der Waals surface area contributed by atoms with Crippen LogP contribution in [0, 0.1) is 32.8 Å². The van der Waals surface area contributed by atoms with Crippen LogP contribution in [0.2, 0.25) is 0 Å². The molecule has 0 spiro atoms. The zero-order valence-electron chi connectivity index (χ0n) is 37.7. The molecule has 0 saturated heterocycles. The average Bonchev–Trinajstić information content (AvgIpc) is 3.11. The zero-order chi connectivity index (χ0) is 49.1. The summed E-state index contributed by atoms with van der Waals surface area (Å²) in [6.45, 7) is 17.3. The number of nitro groups is 1. The van der Waals surface area contributed by atoms with Gasteiger partial charge in [-0.1, -0.05) is 40.5 Å². The topological polar surface area (TPSA) is 292 Å². The smallest absolute Gasteiger partial charge is 0.408 e. The molecule has 0 radical (unpaired) electrons. The monoisotopic (exact) mass is 1010 g/mol. The van der Waals surface area contributed by atoms with E-state index in [1.807, 2.05) is 27.7 Å². The van der Waals surface area contributed by atoms with Gasteiger partial charge < -0.3 is 52.1 Å². The summed E-state index contributed by atoms with van der Waals surface area (Å²) in [5, 5.41) is 54.8. The zero-order valence-corrected chi connectivity index (χ0v) is 43.4. The number of amidine groups is 1. The summed E-state index contributed by atoms with van der Waals surface area (Å²) in [5.41, 5.74) is 4.04. The van der Waals surface area contributed by atoms with Gasteiger partial charge in [-0.2, -0.15) is 0 Å². The van der Waals surface area contributed by atoms with Gasteiger partial charge in [0.2, 0.25) is 18.4 Å². The molecule has 0 aliphatic rings. The van der Waals surface area contributed by atoms with Crippen molar-refractivity contribution >= 4 is 107 Å². The van der Waals surface area contributed by atoms with Crippen molar-refractivity contribution in [2.24, 2.45) is 17.6 Å². The van der Waals surface area contributed by atoms with Gasteiger partial charge in [0.25, 0.3) is 0 Å². The number of rotatable bonds is 24. The maximum Gasteiger partial charge on any atom is 0.408 e. The number of hydrogen-bond acceptors (Lipinski definition) is 16. The van der Waals surface area contributed by atoms with Crippen LogP contribution < -0.4 is 27.0 Å². The molecule has 362 valence electrons. The normalized spacial score (nSPS) is 12.6. The van der Waals surface area contributed by atoms with Crippen molar-refractivity contribution in [3.05, 3.63) is 10.1 Å². The highest BCUT2D eigenvalue weighted by atomic mass is 33.2. The van der Waals surface area contributed by atoms with Gasteiger partial charge in [-0.3, -0.25) is 25.1 Å². The van der Waals surface area contributed by atoms with E-state index < -0.39 is 64.9 Å². The van der Waals surface area contributed by atoms with E-state index in [9.17, 15) is 39.5 Å². The van der Waals surface area contributed by atoms with Crippen LogP contribution in [0.4, 0.5) is 9.59 Å². The Morgan fingerprint density at radius 1 is 0.694 bits per heavy atom. The molecular formula is C37H72N8O10S7. The summed E-state index contributed by atoms with van der Waals surface area (Å²) in [5.74, 6) is -0.252. The van der Waals surface area contributed by atoms with Crippen LogP contribution in [0.3, 0.4) is 0 Å². The number of aliphatic hydroxyl groups is 2. The quantitative estimate of drug-likeness (QED) is 0.0216. The Hall–Kier alpha value is -2.52. The standard InChI is InChI=1S/C19H36N4O6.C18H36N4O4.S4.S3/c1-13(2)10-16(22-18(26)29-19(3,4)5)17(25)21-15(12-24)9-7-6-8-14(20)11-23(27)28;1-12(2)10-14(22-17(25)26-18(3,4)5)16(24)21-13(11-23)8-6-7-9-15(19)20;1-3-4-2;1-3-2/h13,15-16,20,24H,6-12H2,1-5H3,(H,21,25)(H,22,26);12-14,23H,6-11H2,1-5H3,(H3,19,20)(H,21,24)(H,22,25);;/t15-,16-;13-,14-;;/m00../s1. The molecule has 0 aromatic carbocycles. The van der Waals surface area contributed by atoms with Crippen LogP contribution in [0.1, 0.15) is 133 Å². The number of hydrogen-bond donors (Lipinski definition) is 9. The van der Waals surface area contributed by atoms with Crippen molar-refractivity contribution in [3.8, 4) is 0 Å². The first-order valence-corrected chi connectivity index (χ1v) is 26.6. The number of alkyl carbamates (subject to hydrolysis) is 2. The number of nitrogens with one attached hydrogen (secondary N) is 6.